The van der Waals surface area contributed by atoms with Crippen LogP contribution < -0.4 is 0 Å². The van der Waals surface area contributed by atoms with Crippen LogP contribution in [0.4, 0.5) is 0 Å². The molecule has 4 rings (SSSR count). The maximum absolute atomic E-state index is 11.8. The van der Waals surface area contributed by atoms with Crippen molar-refractivity contribution in [2.75, 3.05) is 13.1 Å². The lowest BCUT2D eigenvalue weighted by Gasteiger charge is -2.23. The van der Waals surface area contributed by atoms with Crippen molar-refractivity contribution < 1.29 is 9.90 Å². The first kappa shape index (κ1) is 15.3. The molecule has 1 N–H and O–H groups in total. The van der Waals surface area contributed by atoms with E-state index in [9.17, 15) is 9.90 Å². The lowest BCUT2D eigenvalue weighted by atomic mass is 9.81. The van der Waals surface area contributed by atoms with Crippen LogP contribution in [0.2, 0.25) is 0 Å². The molecule has 2 aliphatic rings. The predicted molar refractivity (Wildman–Crippen MR) is 88.8 cm³/mol. The molecule has 24 heavy (non-hydrogen) atoms. The van der Waals surface area contributed by atoms with Crippen LogP contribution in [0, 0.1) is 18.3 Å². The van der Waals surface area contributed by atoms with Crippen LogP contribution >= 0.6 is 0 Å². The van der Waals surface area contributed by atoms with Crippen LogP contribution in [-0.4, -0.2) is 44.1 Å². The third-order valence-corrected chi connectivity index (χ3v) is 5.66. The number of aromatic nitrogens is 3. The van der Waals surface area contributed by atoms with Crippen LogP contribution in [0.1, 0.15) is 30.5 Å². The summed E-state index contributed by atoms with van der Waals surface area (Å²) in [6.45, 7) is 4.19. The summed E-state index contributed by atoms with van der Waals surface area (Å²) < 4.78 is 1.80. The van der Waals surface area contributed by atoms with E-state index in [1.54, 1.807) is 4.68 Å². The minimum absolute atomic E-state index is 0.279. The second-order valence-corrected chi connectivity index (χ2v) is 7.16. The third kappa shape index (κ3) is 2.41. The van der Waals surface area contributed by atoms with Crippen molar-refractivity contribution in [2.24, 2.45) is 11.3 Å². The number of nitrogens with zero attached hydrogens (tertiary/aromatic N) is 4. The summed E-state index contributed by atoms with van der Waals surface area (Å²) >= 11 is 0. The number of carboxylic acid groups (broad SMARTS) is 1. The molecular weight excluding hydrogens is 304 g/mol. The molecule has 1 aromatic heterocycles. The summed E-state index contributed by atoms with van der Waals surface area (Å²) in [5.41, 5.74) is 2.52. The van der Waals surface area contributed by atoms with Gasteiger partial charge in [-0.15, -0.1) is 5.10 Å². The van der Waals surface area contributed by atoms with Gasteiger partial charge in [-0.1, -0.05) is 29.8 Å². The largest absolute Gasteiger partial charge is 0.481 e. The first-order valence-electron chi connectivity index (χ1n) is 8.51. The monoisotopic (exact) mass is 326 g/mol. The summed E-state index contributed by atoms with van der Waals surface area (Å²) in [4.78, 5) is 14.0. The van der Waals surface area contributed by atoms with E-state index in [4.69, 9.17) is 0 Å². The summed E-state index contributed by atoms with van der Waals surface area (Å²) in [7, 11) is 0. The van der Waals surface area contributed by atoms with E-state index in [-0.39, 0.29) is 5.92 Å². The van der Waals surface area contributed by atoms with Crippen molar-refractivity contribution in [1.29, 1.82) is 0 Å². The van der Waals surface area contributed by atoms with E-state index in [2.05, 4.69) is 28.2 Å². The molecule has 0 spiro atoms. The molecule has 2 fully saturated rings. The molecule has 1 aliphatic carbocycles. The number of rotatable bonds is 4. The number of fused-ring (bicyclic) bond motifs is 1. The zero-order valence-corrected chi connectivity index (χ0v) is 13.9. The highest BCUT2D eigenvalue weighted by atomic mass is 16.4. The molecule has 2 heterocycles. The van der Waals surface area contributed by atoms with Crippen molar-refractivity contribution in [3.63, 3.8) is 0 Å². The maximum atomic E-state index is 11.8. The normalized spacial score (nSPS) is 26.6. The summed E-state index contributed by atoms with van der Waals surface area (Å²) in [6, 6.07) is 8.06. The van der Waals surface area contributed by atoms with E-state index in [0.29, 0.717) is 13.1 Å². The van der Waals surface area contributed by atoms with Crippen LogP contribution in [0.3, 0.4) is 0 Å². The smallest absolute Gasteiger partial charge is 0.311 e. The van der Waals surface area contributed by atoms with Gasteiger partial charge in [0.15, 0.2) is 0 Å². The zero-order chi connectivity index (χ0) is 16.7. The predicted octanol–water partition coefficient (Wildman–Crippen LogP) is 2.26. The first-order chi connectivity index (χ1) is 11.6. The van der Waals surface area contributed by atoms with Gasteiger partial charge in [0.1, 0.15) is 0 Å². The molecule has 2 aromatic rings. The molecular formula is C18H22N4O2. The molecule has 1 saturated carbocycles. The molecule has 1 saturated heterocycles. The van der Waals surface area contributed by atoms with Crippen LogP contribution in [0.15, 0.2) is 30.5 Å². The Hall–Kier alpha value is -2.21. The number of aryl methyl sites for hydroxylation is 1. The van der Waals surface area contributed by atoms with Crippen LogP contribution in [0.5, 0.6) is 0 Å². The molecule has 6 heteroatoms. The van der Waals surface area contributed by atoms with Crippen molar-refractivity contribution in [2.45, 2.75) is 32.7 Å². The van der Waals surface area contributed by atoms with Gasteiger partial charge in [0.25, 0.3) is 0 Å². The quantitative estimate of drug-likeness (QED) is 0.933. The molecule has 1 aliphatic heterocycles. The lowest BCUT2D eigenvalue weighted by Crippen LogP contribution is -2.35. The molecule has 0 bridgehead atoms. The van der Waals surface area contributed by atoms with Crippen molar-refractivity contribution >= 4 is 5.97 Å². The van der Waals surface area contributed by atoms with E-state index < -0.39 is 11.4 Å². The molecule has 2 atom stereocenters. The number of hydrogen-bond acceptors (Lipinski definition) is 4. The van der Waals surface area contributed by atoms with E-state index in [1.807, 2.05) is 24.4 Å². The first-order valence-corrected chi connectivity index (χ1v) is 8.51. The van der Waals surface area contributed by atoms with Gasteiger partial charge in [-0.3, -0.25) is 9.69 Å². The zero-order valence-electron chi connectivity index (χ0n) is 13.9. The average Bonchev–Trinajstić information content (AvgIpc) is 3.22. The Morgan fingerprint density at radius 3 is 3.00 bits per heavy atom. The highest BCUT2D eigenvalue weighted by Crippen LogP contribution is 2.49. The Morgan fingerprint density at radius 2 is 2.25 bits per heavy atom. The minimum Gasteiger partial charge on any atom is -0.481 e. The number of carboxylic acids is 1. The summed E-state index contributed by atoms with van der Waals surface area (Å²) in [5.74, 6) is -0.350. The molecule has 1 aromatic carbocycles. The number of hydrogen-bond donors (Lipinski definition) is 1. The SMILES string of the molecule is Cc1ccccc1-n1cc(CN2C[C@@H]3CCC[C@@]3(C(=O)O)C2)nn1. The van der Waals surface area contributed by atoms with Gasteiger partial charge in [-0.05, 0) is 37.3 Å². The third-order valence-electron chi connectivity index (χ3n) is 5.66. The standard InChI is InChI=1S/C18H22N4O2/c1-13-5-2-3-7-16(13)22-11-15(19-20-22)10-21-9-14-6-4-8-18(14,12-21)17(23)24/h2-3,5,7,11,14H,4,6,8-10,12H2,1H3,(H,23,24)/t14-,18+/m0/s1. The van der Waals surface area contributed by atoms with Crippen molar-refractivity contribution in [1.82, 2.24) is 19.9 Å². The van der Waals surface area contributed by atoms with Gasteiger partial charge in [0.2, 0.25) is 0 Å². The molecule has 0 unspecified atom stereocenters. The van der Waals surface area contributed by atoms with E-state index in [0.717, 1.165) is 42.8 Å². The molecule has 0 amide bonds. The van der Waals surface area contributed by atoms with Gasteiger partial charge < -0.3 is 5.11 Å². The summed E-state index contributed by atoms with van der Waals surface area (Å²) in [6.07, 6.45) is 4.82. The number of para-hydroxylation sites is 1. The summed E-state index contributed by atoms with van der Waals surface area (Å²) in [5, 5.41) is 18.2. The Labute approximate surface area is 141 Å². The van der Waals surface area contributed by atoms with Gasteiger partial charge in [0.05, 0.1) is 23.0 Å². The van der Waals surface area contributed by atoms with E-state index >= 15 is 0 Å². The highest BCUT2D eigenvalue weighted by molar-refractivity contribution is 5.76. The number of carbonyl (C=O) groups is 1. The molecule has 126 valence electrons. The second-order valence-electron chi connectivity index (χ2n) is 7.16. The van der Waals surface area contributed by atoms with Gasteiger partial charge in [-0.25, -0.2) is 4.68 Å². The number of aliphatic carboxylic acids is 1. The second kappa shape index (κ2) is 5.70. The molecule has 6 nitrogen and oxygen atoms in total. The average molecular weight is 326 g/mol. The highest BCUT2D eigenvalue weighted by Gasteiger charge is 2.54. The Morgan fingerprint density at radius 1 is 1.42 bits per heavy atom. The fraction of sp³-hybridized carbons (Fsp3) is 0.500. The van der Waals surface area contributed by atoms with Gasteiger partial charge in [0, 0.05) is 19.6 Å². The van der Waals surface area contributed by atoms with Gasteiger partial charge >= 0.3 is 5.97 Å². The minimum atomic E-state index is -0.629. The van der Waals surface area contributed by atoms with Crippen molar-refractivity contribution in [3.8, 4) is 5.69 Å². The number of benzene rings is 1. The Balaban J connectivity index is 1.50. The number of likely N-dealkylation sites (tertiary alicyclic amines) is 1. The van der Waals surface area contributed by atoms with Gasteiger partial charge in [-0.2, -0.15) is 0 Å². The van der Waals surface area contributed by atoms with Crippen LogP contribution in [-0.2, 0) is 11.3 Å². The fourth-order valence-corrected chi connectivity index (χ4v) is 4.40. The Kier molecular flexibility index (Phi) is 3.64. The van der Waals surface area contributed by atoms with Crippen LogP contribution in [0.25, 0.3) is 5.69 Å². The lowest BCUT2D eigenvalue weighted by molar-refractivity contribution is -0.149. The maximum Gasteiger partial charge on any atom is 0.311 e. The molecule has 0 radical (unpaired) electrons. The Bertz CT molecular complexity index is 772. The fourth-order valence-electron chi connectivity index (χ4n) is 4.40. The van der Waals surface area contributed by atoms with Crippen molar-refractivity contribution in [3.05, 3.63) is 41.7 Å². The van der Waals surface area contributed by atoms with E-state index in [1.165, 1.54) is 0 Å². The topological polar surface area (TPSA) is 71.2 Å².